The Morgan fingerprint density at radius 1 is 1.21 bits per heavy atom. The van der Waals surface area contributed by atoms with E-state index in [2.05, 4.69) is 61.6 Å². The normalized spacial score (nSPS) is 15.1. The lowest BCUT2D eigenvalue weighted by Crippen LogP contribution is -2.39. The van der Waals surface area contributed by atoms with Crippen molar-refractivity contribution in [3.63, 3.8) is 0 Å². The molecule has 0 bridgehead atoms. The molecule has 1 aliphatic rings. The summed E-state index contributed by atoms with van der Waals surface area (Å²) >= 11 is 1.73. The van der Waals surface area contributed by atoms with Crippen LogP contribution >= 0.6 is 11.3 Å². The number of hydrogen-bond donors (Lipinski definition) is 2. The lowest BCUT2D eigenvalue weighted by Gasteiger charge is -2.28. The molecule has 1 aliphatic heterocycles. The molecular formula is C19H26N4S. The van der Waals surface area contributed by atoms with Gasteiger partial charge >= 0.3 is 0 Å². The summed E-state index contributed by atoms with van der Waals surface area (Å²) in [6.07, 6.45) is 2.30. The second-order valence-corrected chi connectivity index (χ2v) is 6.91. The van der Waals surface area contributed by atoms with Crippen LogP contribution in [-0.2, 0) is 19.5 Å². The average Bonchev–Trinajstić information content (AvgIpc) is 3.14. The summed E-state index contributed by atoms with van der Waals surface area (Å²) in [7, 11) is 1.82. The van der Waals surface area contributed by atoms with Gasteiger partial charge in [0.25, 0.3) is 0 Å². The third-order valence-corrected chi connectivity index (χ3v) is 5.15. The highest BCUT2D eigenvalue weighted by atomic mass is 32.1. The summed E-state index contributed by atoms with van der Waals surface area (Å²) < 4.78 is 0. The van der Waals surface area contributed by atoms with Gasteiger partial charge in [-0.15, -0.1) is 0 Å². The molecule has 4 nitrogen and oxygen atoms in total. The van der Waals surface area contributed by atoms with E-state index in [9.17, 15) is 0 Å². The Morgan fingerprint density at radius 3 is 2.88 bits per heavy atom. The Morgan fingerprint density at radius 2 is 2.08 bits per heavy atom. The highest BCUT2D eigenvalue weighted by molar-refractivity contribution is 7.07. The molecule has 0 aliphatic carbocycles. The quantitative estimate of drug-likeness (QED) is 0.482. The first-order valence-corrected chi connectivity index (χ1v) is 9.54. The minimum Gasteiger partial charge on any atom is -0.356 e. The zero-order chi connectivity index (χ0) is 16.6. The van der Waals surface area contributed by atoms with Crippen molar-refractivity contribution in [2.24, 2.45) is 4.99 Å². The second-order valence-electron chi connectivity index (χ2n) is 6.13. The lowest BCUT2D eigenvalue weighted by molar-refractivity contribution is 0.251. The molecule has 0 radical (unpaired) electrons. The van der Waals surface area contributed by atoms with Crippen LogP contribution in [-0.4, -0.2) is 37.5 Å². The van der Waals surface area contributed by atoms with Crippen molar-refractivity contribution in [1.82, 2.24) is 15.5 Å². The molecule has 2 aromatic rings. The molecule has 1 aromatic carbocycles. The minimum absolute atomic E-state index is 0.825. The number of nitrogens with one attached hydrogen (secondary N) is 2. The van der Waals surface area contributed by atoms with E-state index < -0.39 is 0 Å². The summed E-state index contributed by atoms with van der Waals surface area (Å²) in [5, 5.41) is 11.0. The Labute approximate surface area is 148 Å². The van der Waals surface area contributed by atoms with Crippen molar-refractivity contribution in [2.75, 3.05) is 26.7 Å². The van der Waals surface area contributed by atoms with Crippen molar-refractivity contribution in [3.8, 4) is 0 Å². The predicted molar refractivity (Wildman–Crippen MR) is 103 cm³/mol. The number of fused-ring (bicyclic) bond motifs is 1. The molecule has 0 saturated heterocycles. The zero-order valence-corrected chi connectivity index (χ0v) is 15.1. The maximum Gasteiger partial charge on any atom is 0.191 e. The summed E-state index contributed by atoms with van der Waals surface area (Å²) in [6, 6.07) is 11.0. The first-order valence-electron chi connectivity index (χ1n) is 8.60. The fraction of sp³-hybridized carbons (Fsp3) is 0.421. The highest BCUT2D eigenvalue weighted by Gasteiger charge is 2.14. The van der Waals surface area contributed by atoms with Crippen molar-refractivity contribution in [1.29, 1.82) is 0 Å². The first kappa shape index (κ1) is 17.0. The largest absolute Gasteiger partial charge is 0.356 e. The van der Waals surface area contributed by atoms with Gasteiger partial charge in [-0.25, -0.2) is 0 Å². The van der Waals surface area contributed by atoms with E-state index in [1.165, 1.54) is 29.7 Å². The third kappa shape index (κ3) is 4.82. The van der Waals surface area contributed by atoms with Crippen LogP contribution < -0.4 is 10.6 Å². The molecule has 2 heterocycles. The fourth-order valence-electron chi connectivity index (χ4n) is 3.05. The molecule has 3 rings (SSSR count). The first-order chi connectivity index (χ1) is 11.8. The number of benzene rings is 1. The number of hydrogen-bond acceptors (Lipinski definition) is 3. The SMILES string of the molecule is CN=C(NCCCN1CCc2ccccc2C1)NCc1ccsc1. The lowest BCUT2D eigenvalue weighted by atomic mass is 10.00. The summed E-state index contributed by atoms with van der Waals surface area (Å²) in [6.45, 7) is 5.15. The second kappa shape index (κ2) is 8.85. The maximum atomic E-state index is 4.29. The van der Waals surface area contributed by atoms with Crippen molar-refractivity contribution < 1.29 is 0 Å². The van der Waals surface area contributed by atoms with Crippen molar-refractivity contribution in [3.05, 3.63) is 57.8 Å². The number of nitrogens with zero attached hydrogens (tertiary/aromatic N) is 2. The van der Waals surface area contributed by atoms with Gasteiger partial charge in [0.2, 0.25) is 0 Å². The van der Waals surface area contributed by atoms with Crippen LogP contribution in [0.4, 0.5) is 0 Å². The predicted octanol–water partition coefficient (Wildman–Crippen LogP) is 2.86. The Kier molecular flexibility index (Phi) is 6.26. The highest BCUT2D eigenvalue weighted by Crippen LogP contribution is 2.18. The van der Waals surface area contributed by atoms with Crippen LogP contribution in [0, 0.1) is 0 Å². The molecule has 0 unspecified atom stereocenters. The molecule has 1 aromatic heterocycles. The van der Waals surface area contributed by atoms with Gasteiger partial charge in [-0.2, -0.15) is 11.3 Å². The van der Waals surface area contributed by atoms with E-state index in [0.717, 1.165) is 38.6 Å². The molecule has 0 saturated carbocycles. The van der Waals surface area contributed by atoms with Crippen LogP contribution in [0.15, 0.2) is 46.1 Å². The van der Waals surface area contributed by atoms with Crippen LogP contribution in [0.1, 0.15) is 23.1 Å². The monoisotopic (exact) mass is 342 g/mol. The van der Waals surface area contributed by atoms with Gasteiger partial charge in [0.05, 0.1) is 0 Å². The zero-order valence-electron chi connectivity index (χ0n) is 14.3. The van der Waals surface area contributed by atoms with Crippen molar-refractivity contribution >= 4 is 17.3 Å². The Hall–Kier alpha value is -1.85. The Balaban J connectivity index is 1.34. The van der Waals surface area contributed by atoms with Crippen LogP contribution in [0.5, 0.6) is 0 Å². The van der Waals surface area contributed by atoms with Gasteiger partial charge in [-0.3, -0.25) is 9.89 Å². The van der Waals surface area contributed by atoms with Gasteiger partial charge in [0.15, 0.2) is 5.96 Å². The summed E-state index contributed by atoms with van der Waals surface area (Å²) in [5.41, 5.74) is 4.31. The van der Waals surface area contributed by atoms with E-state index in [0.29, 0.717) is 0 Å². The average molecular weight is 343 g/mol. The van der Waals surface area contributed by atoms with Gasteiger partial charge in [-0.1, -0.05) is 24.3 Å². The van der Waals surface area contributed by atoms with Crippen molar-refractivity contribution in [2.45, 2.75) is 25.9 Å². The minimum atomic E-state index is 0.825. The van der Waals surface area contributed by atoms with E-state index >= 15 is 0 Å². The Bertz CT molecular complexity index is 651. The molecule has 0 atom stereocenters. The maximum absolute atomic E-state index is 4.29. The van der Waals surface area contributed by atoms with Gasteiger partial charge in [0, 0.05) is 39.8 Å². The smallest absolute Gasteiger partial charge is 0.191 e. The number of aliphatic imine (C=N–C) groups is 1. The molecule has 0 amide bonds. The molecule has 0 fully saturated rings. The van der Waals surface area contributed by atoms with E-state index in [1.54, 1.807) is 11.3 Å². The van der Waals surface area contributed by atoms with E-state index in [1.807, 2.05) is 7.05 Å². The van der Waals surface area contributed by atoms with Crippen LogP contribution in [0.3, 0.4) is 0 Å². The number of guanidine groups is 1. The summed E-state index contributed by atoms with van der Waals surface area (Å²) in [5.74, 6) is 0.880. The standard InChI is InChI=1S/C19H26N4S/c1-20-19(22-13-16-8-12-24-15-16)21-9-4-10-23-11-7-17-5-2-3-6-18(17)14-23/h2-3,5-6,8,12,15H,4,7,9-11,13-14H2,1H3,(H2,20,21,22). The molecular weight excluding hydrogens is 316 g/mol. The number of thiophene rings is 1. The molecule has 24 heavy (non-hydrogen) atoms. The van der Waals surface area contributed by atoms with Crippen LogP contribution in [0.25, 0.3) is 0 Å². The van der Waals surface area contributed by atoms with E-state index in [4.69, 9.17) is 0 Å². The molecule has 2 N–H and O–H groups in total. The third-order valence-electron chi connectivity index (χ3n) is 4.42. The topological polar surface area (TPSA) is 39.7 Å². The van der Waals surface area contributed by atoms with Gasteiger partial charge in [0.1, 0.15) is 0 Å². The fourth-order valence-corrected chi connectivity index (χ4v) is 3.72. The molecule has 5 heteroatoms. The van der Waals surface area contributed by atoms with E-state index in [-0.39, 0.29) is 0 Å². The summed E-state index contributed by atoms with van der Waals surface area (Å²) in [4.78, 5) is 6.83. The van der Waals surface area contributed by atoms with Crippen LogP contribution in [0.2, 0.25) is 0 Å². The number of rotatable bonds is 6. The molecule has 128 valence electrons. The van der Waals surface area contributed by atoms with Gasteiger partial charge < -0.3 is 10.6 Å². The van der Waals surface area contributed by atoms with Gasteiger partial charge in [-0.05, 0) is 46.4 Å². The molecule has 0 spiro atoms.